The number of carbonyl (C=O) groups excluding carboxylic acids is 3. The van der Waals surface area contributed by atoms with E-state index in [4.69, 9.17) is 9.47 Å². The first-order valence-electron chi connectivity index (χ1n) is 11.8. The highest BCUT2D eigenvalue weighted by Gasteiger charge is 2.30. The monoisotopic (exact) mass is 529 g/mol. The number of hydrogen-bond donors (Lipinski definition) is 1. The second kappa shape index (κ2) is 11.1. The van der Waals surface area contributed by atoms with Crippen LogP contribution in [-0.2, 0) is 14.3 Å². The van der Waals surface area contributed by atoms with Gasteiger partial charge in [0.1, 0.15) is 15.9 Å². The van der Waals surface area contributed by atoms with Crippen molar-refractivity contribution in [2.45, 2.75) is 61.4 Å². The van der Waals surface area contributed by atoms with E-state index in [0.717, 1.165) is 22.7 Å². The minimum atomic E-state index is -1.04. The molecule has 1 unspecified atom stereocenters. The summed E-state index contributed by atoms with van der Waals surface area (Å²) >= 11 is 0.918. The third kappa shape index (κ3) is 5.33. The van der Waals surface area contributed by atoms with Gasteiger partial charge in [-0.25, -0.2) is 19.3 Å². The van der Waals surface area contributed by atoms with Gasteiger partial charge < -0.3 is 14.8 Å². The molecule has 0 bridgehead atoms. The molecule has 1 atom stereocenters. The summed E-state index contributed by atoms with van der Waals surface area (Å²) in [5.74, 6) is -1.67. The van der Waals surface area contributed by atoms with Crippen LogP contribution in [0.15, 0.2) is 10.9 Å². The van der Waals surface area contributed by atoms with E-state index < -0.39 is 29.4 Å². The van der Waals surface area contributed by atoms with Crippen molar-refractivity contribution < 1.29 is 23.9 Å². The summed E-state index contributed by atoms with van der Waals surface area (Å²) in [4.78, 5) is 56.8. The molecule has 37 heavy (non-hydrogen) atoms. The minimum absolute atomic E-state index is 0.0692. The van der Waals surface area contributed by atoms with E-state index in [9.17, 15) is 19.2 Å². The molecule has 3 heterocycles. The van der Waals surface area contributed by atoms with Gasteiger partial charge in [0.15, 0.2) is 0 Å². The summed E-state index contributed by atoms with van der Waals surface area (Å²) < 4.78 is 13.0. The van der Waals surface area contributed by atoms with E-state index >= 15 is 0 Å². The van der Waals surface area contributed by atoms with E-state index in [1.807, 2.05) is 19.9 Å². The number of rotatable bonds is 8. The van der Waals surface area contributed by atoms with Crippen molar-refractivity contribution in [3.8, 4) is 5.95 Å². The molecule has 0 saturated heterocycles. The zero-order valence-electron chi connectivity index (χ0n) is 22.2. The third-order valence-corrected chi connectivity index (χ3v) is 7.04. The van der Waals surface area contributed by atoms with Crippen LogP contribution in [0.1, 0.15) is 75.1 Å². The summed E-state index contributed by atoms with van der Waals surface area (Å²) in [7, 11) is 0. The number of hydrogen-bond acceptors (Lipinski definition) is 9. The topological polar surface area (TPSA) is 134 Å². The normalized spacial score (nSPS) is 11.8. The van der Waals surface area contributed by atoms with Crippen LogP contribution >= 0.6 is 11.3 Å². The number of ether oxygens (including phenoxy) is 2. The Morgan fingerprint density at radius 1 is 1.03 bits per heavy atom. The summed E-state index contributed by atoms with van der Waals surface area (Å²) in [5.41, 5.74) is 2.42. The summed E-state index contributed by atoms with van der Waals surface area (Å²) in [5, 5.41) is 7.29. The van der Waals surface area contributed by atoms with E-state index in [2.05, 4.69) is 15.4 Å². The molecular weight excluding hydrogens is 498 g/mol. The van der Waals surface area contributed by atoms with Gasteiger partial charge in [-0.2, -0.15) is 5.10 Å². The van der Waals surface area contributed by atoms with Gasteiger partial charge in [0.2, 0.25) is 11.9 Å². The number of amides is 1. The summed E-state index contributed by atoms with van der Waals surface area (Å²) in [6, 6.07) is 0.801. The van der Waals surface area contributed by atoms with E-state index in [1.54, 1.807) is 41.5 Å². The van der Waals surface area contributed by atoms with Gasteiger partial charge in [-0.1, -0.05) is 0 Å². The Hall–Kier alpha value is -3.80. The lowest BCUT2D eigenvalue weighted by molar-refractivity contribution is -0.118. The molecule has 0 fully saturated rings. The average molecular weight is 530 g/mol. The third-order valence-electron chi connectivity index (χ3n) is 5.86. The Morgan fingerprint density at radius 3 is 2.22 bits per heavy atom. The smallest absolute Gasteiger partial charge is 0.348 e. The highest BCUT2D eigenvalue weighted by atomic mass is 32.1. The molecule has 3 aromatic heterocycles. The summed E-state index contributed by atoms with van der Waals surface area (Å²) in [6.07, 6.45) is 0. The molecule has 0 aromatic carbocycles. The van der Waals surface area contributed by atoms with Crippen molar-refractivity contribution in [3.05, 3.63) is 55.1 Å². The molecule has 3 rings (SSSR count). The Morgan fingerprint density at radius 2 is 1.65 bits per heavy atom. The molecule has 0 radical (unpaired) electrons. The van der Waals surface area contributed by atoms with Crippen LogP contribution in [0, 0.1) is 34.6 Å². The minimum Gasteiger partial charge on any atom is -0.462 e. The fourth-order valence-electron chi connectivity index (χ4n) is 3.82. The van der Waals surface area contributed by atoms with Crippen LogP contribution in [0.5, 0.6) is 0 Å². The summed E-state index contributed by atoms with van der Waals surface area (Å²) in [6.45, 7) is 13.8. The molecule has 198 valence electrons. The Balaban J connectivity index is 2.10. The number of aromatic nitrogens is 4. The van der Waals surface area contributed by atoms with Crippen LogP contribution < -0.4 is 10.9 Å². The molecule has 3 aromatic rings. The van der Waals surface area contributed by atoms with E-state index in [1.165, 1.54) is 9.25 Å². The lowest BCUT2D eigenvalue weighted by Gasteiger charge is -2.20. The fraction of sp³-hybridized carbons (Fsp3) is 0.440. The fourth-order valence-corrected chi connectivity index (χ4v) is 4.91. The van der Waals surface area contributed by atoms with Gasteiger partial charge >= 0.3 is 11.9 Å². The van der Waals surface area contributed by atoms with Crippen molar-refractivity contribution in [2.75, 3.05) is 18.5 Å². The van der Waals surface area contributed by atoms with Gasteiger partial charge in [0.25, 0.3) is 5.56 Å². The molecule has 12 heteroatoms. The standard InChI is InChI=1S/C25H31N5O6S/c1-9-35-23(33)18-15(6)19(24(34)36-10-2)37-21(18)27-20(31)17(8)29-22(32)14(5)16(7)26-25(29)30-13(4)11-12(3)28-30/h11,17H,9-10H2,1-8H3,(H,27,31). The SMILES string of the molecule is CCOC(=O)c1sc(NC(=O)C(C)n2c(-n3nc(C)cc3C)nc(C)c(C)c2=O)c(C(=O)OCC)c1C. The number of nitrogens with zero attached hydrogens (tertiary/aromatic N) is 4. The zero-order valence-corrected chi connectivity index (χ0v) is 23.0. The number of aryl methyl sites for hydroxylation is 3. The Labute approximate surface area is 218 Å². The van der Waals surface area contributed by atoms with Gasteiger partial charge in [-0.05, 0) is 67.0 Å². The first-order valence-corrected chi connectivity index (χ1v) is 12.7. The number of carbonyl (C=O) groups is 3. The molecular formula is C25H31N5O6S. The number of anilines is 1. The molecule has 1 N–H and O–H groups in total. The molecule has 0 aliphatic carbocycles. The van der Waals surface area contributed by atoms with Crippen molar-refractivity contribution in [1.82, 2.24) is 19.3 Å². The quantitative estimate of drug-likeness (QED) is 0.438. The maximum atomic E-state index is 13.5. The molecule has 11 nitrogen and oxygen atoms in total. The second-order valence-corrected chi connectivity index (χ2v) is 9.52. The predicted molar refractivity (Wildman–Crippen MR) is 139 cm³/mol. The second-order valence-electron chi connectivity index (χ2n) is 8.50. The first-order chi connectivity index (χ1) is 17.4. The van der Waals surface area contributed by atoms with Crippen LogP contribution in [-0.4, -0.2) is 50.4 Å². The van der Waals surface area contributed by atoms with Crippen LogP contribution in [0.25, 0.3) is 5.95 Å². The number of thiophene rings is 1. The predicted octanol–water partition coefficient (Wildman–Crippen LogP) is 3.59. The maximum Gasteiger partial charge on any atom is 0.348 e. The highest BCUT2D eigenvalue weighted by molar-refractivity contribution is 7.18. The molecule has 1 amide bonds. The van der Waals surface area contributed by atoms with Crippen LogP contribution in [0.4, 0.5) is 5.00 Å². The van der Waals surface area contributed by atoms with Gasteiger partial charge in [-0.3, -0.25) is 14.2 Å². The molecule has 0 saturated carbocycles. The van der Waals surface area contributed by atoms with Crippen molar-refractivity contribution in [3.63, 3.8) is 0 Å². The largest absolute Gasteiger partial charge is 0.462 e. The Bertz CT molecular complexity index is 1430. The lowest BCUT2D eigenvalue weighted by Crippen LogP contribution is -2.36. The average Bonchev–Trinajstić information content (AvgIpc) is 3.34. The highest BCUT2D eigenvalue weighted by Crippen LogP contribution is 2.35. The van der Waals surface area contributed by atoms with Crippen molar-refractivity contribution in [2.24, 2.45) is 0 Å². The molecule has 0 aliphatic heterocycles. The van der Waals surface area contributed by atoms with Crippen LogP contribution in [0.3, 0.4) is 0 Å². The zero-order chi connectivity index (χ0) is 27.6. The van der Waals surface area contributed by atoms with E-state index in [-0.39, 0.29) is 34.6 Å². The van der Waals surface area contributed by atoms with Crippen LogP contribution in [0.2, 0.25) is 0 Å². The van der Waals surface area contributed by atoms with E-state index in [0.29, 0.717) is 16.8 Å². The Kier molecular flexibility index (Phi) is 8.32. The number of esters is 2. The lowest BCUT2D eigenvalue weighted by atomic mass is 10.1. The van der Waals surface area contributed by atoms with Gasteiger partial charge in [-0.15, -0.1) is 11.3 Å². The maximum absolute atomic E-state index is 13.5. The first kappa shape index (κ1) is 27.8. The molecule has 0 spiro atoms. The van der Waals surface area contributed by atoms with Gasteiger partial charge in [0.05, 0.1) is 24.5 Å². The van der Waals surface area contributed by atoms with Crippen molar-refractivity contribution >= 4 is 34.2 Å². The number of nitrogens with one attached hydrogen (secondary N) is 1. The van der Waals surface area contributed by atoms with Crippen molar-refractivity contribution in [1.29, 1.82) is 0 Å². The van der Waals surface area contributed by atoms with Gasteiger partial charge in [0, 0.05) is 17.0 Å². The molecule has 0 aliphatic rings.